The lowest BCUT2D eigenvalue weighted by Crippen LogP contribution is -2.19. The van der Waals surface area contributed by atoms with Crippen molar-refractivity contribution in [2.75, 3.05) is 5.32 Å². The highest BCUT2D eigenvalue weighted by atomic mass is 79.9. The molecule has 1 heterocycles. The Hall–Kier alpha value is -0.880. The van der Waals surface area contributed by atoms with E-state index in [9.17, 15) is 9.59 Å². The summed E-state index contributed by atoms with van der Waals surface area (Å²) in [7, 11) is 0. The van der Waals surface area contributed by atoms with Crippen LogP contribution in [-0.4, -0.2) is 17.0 Å². The molecule has 0 bridgehead atoms. The van der Waals surface area contributed by atoms with Crippen molar-refractivity contribution >= 4 is 44.1 Å². The predicted octanol–water partition coefficient (Wildman–Crippen LogP) is 2.56. The smallest absolute Gasteiger partial charge is 0.306 e. The Morgan fingerprint density at radius 2 is 2.27 bits per heavy atom. The maximum Gasteiger partial charge on any atom is 0.306 e. The third kappa shape index (κ3) is 4.01. The molecule has 0 fully saturated rings. The number of nitrogens with one attached hydrogen (secondary N) is 1. The molecule has 1 unspecified atom stereocenters. The summed E-state index contributed by atoms with van der Waals surface area (Å²) >= 11 is 4.66. The number of hydrogen-bond donors (Lipinski definition) is 2. The van der Waals surface area contributed by atoms with Gasteiger partial charge < -0.3 is 10.4 Å². The van der Waals surface area contributed by atoms with E-state index in [1.807, 2.05) is 6.07 Å². The molecule has 0 aliphatic heterocycles. The molecule has 0 aliphatic rings. The molecule has 0 aromatic carbocycles. The molecule has 2 N–H and O–H groups in total. The van der Waals surface area contributed by atoms with Crippen LogP contribution in [0.25, 0.3) is 0 Å². The van der Waals surface area contributed by atoms with Crippen molar-refractivity contribution in [3.63, 3.8) is 0 Å². The molecular formula is C9H10BrNO3S. The predicted molar refractivity (Wildman–Crippen MR) is 62.1 cm³/mol. The Balaban J connectivity index is 2.46. The van der Waals surface area contributed by atoms with Gasteiger partial charge in [-0.15, -0.1) is 11.3 Å². The highest BCUT2D eigenvalue weighted by Gasteiger charge is 2.15. The minimum atomic E-state index is -0.961. The number of halogens is 1. The molecule has 15 heavy (non-hydrogen) atoms. The lowest BCUT2D eigenvalue weighted by Gasteiger charge is -2.05. The molecule has 0 aliphatic carbocycles. The maximum absolute atomic E-state index is 11.4. The number of carbonyl (C=O) groups excluding carboxylic acids is 1. The summed E-state index contributed by atoms with van der Waals surface area (Å²) < 4.78 is 0.920. The van der Waals surface area contributed by atoms with Gasteiger partial charge in [-0.1, -0.05) is 6.92 Å². The third-order valence-electron chi connectivity index (χ3n) is 1.75. The van der Waals surface area contributed by atoms with E-state index < -0.39 is 11.9 Å². The van der Waals surface area contributed by atoms with Gasteiger partial charge in [-0.25, -0.2) is 0 Å². The normalized spacial score (nSPS) is 12.1. The quantitative estimate of drug-likeness (QED) is 0.896. The first-order valence-electron chi connectivity index (χ1n) is 4.27. The minimum Gasteiger partial charge on any atom is -0.481 e. The van der Waals surface area contributed by atoms with E-state index in [4.69, 9.17) is 5.11 Å². The molecule has 0 saturated carbocycles. The summed E-state index contributed by atoms with van der Waals surface area (Å²) in [5, 5.41) is 12.0. The van der Waals surface area contributed by atoms with Crippen LogP contribution < -0.4 is 5.32 Å². The fourth-order valence-electron chi connectivity index (χ4n) is 0.935. The fourth-order valence-corrected chi connectivity index (χ4v) is 2.24. The summed E-state index contributed by atoms with van der Waals surface area (Å²) in [6, 6.07) is 3.58. The Morgan fingerprint density at radius 1 is 1.60 bits per heavy atom. The minimum absolute atomic E-state index is 0.00908. The van der Waals surface area contributed by atoms with E-state index in [-0.39, 0.29) is 12.3 Å². The van der Waals surface area contributed by atoms with E-state index in [0.29, 0.717) is 5.00 Å². The molecule has 1 aromatic rings. The summed E-state index contributed by atoms with van der Waals surface area (Å²) in [6.45, 7) is 1.51. The fraction of sp³-hybridized carbons (Fsp3) is 0.333. The van der Waals surface area contributed by atoms with E-state index in [1.54, 1.807) is 6.07 Å². The topological polar surface area (TPSA) is 66.4 Å². The van der Waals surface area contributed by atoms with Crippen LogP contribution in [0.3, 0.4) is 0 Å². The van der Waals surface area contributed by atoms with Crippen LogP contribution >= 0.6 is 27.3 Å². The summed E-state index contributed by atoms with van der Waals surface area (Å²) in [4.78, 5) is 21.9. The van der Waals surface area contributed by atoms with Gasteiger partial charge in [-0.3, -0.25) is 9.59 Å². The van der Waals surface area contributed by atoms with Crippen LogP contribution in [0, 0.1) is 5.92 Å². The number of carboxylic acids is 1. The van der Waals surface area contributed by atoms with Crippen molar-refractivity contribution < 1.29 is 14.7 Å². The number of amides is 1. The summed E-state index contributed by atoms with van der Waals surface area (Å²) in [6.07, 6.45) is -0.00908. The lowest BCUT2D eigenvalue weighted by atomic mass is 10.1. The molecule has 1 amide bonds. The van der Waals surface area contributed by atoms with Crippen LogP contribution in [0.15, 0.2) is 15.9 Å². The van der Waals surface area contributed by atoms with Crippen molar-refractivity contribution in [1.82, 2.24) is 0 Å². The zero-order chi connectivity index (χ0) is 11.4. The van der Waals surface area contributed by atoms with Gasteiger partial charge >= 0.3 is 5.97 Å². The molecule has 1 rings (SSSR count). The number of hydrogen-bond acceptors (Lipinski definition) is 3. The van der Waals surface area contributed by atoms with Gasteiger partial charge in [-0.05, 0) is 28.1 Å². The molecule has 4 nitrogen and oxygen atoms in total. The number of carboxylic acid groups (broad SMARTS) is 1. The Kier molecular flexibility index (Phi) is 4.28. The first kappa shape index (κ1) is 12.2. The standard InChI is InChI=1S/C9H10BrNO3S/c1-5(9(13)14)4-7(12)11-8-3-2-6(10)15-8/h2-3,5H,4H2,1H3,(H,11,12)(H,13,14). The van der Waals surface area contributed by atoms with Gasteiger partial charge in [0.25, 0.3) is 0 Å². The Labute approximate surface area is 99.4 Å². The second kappa shape index (κ2) is 5.27. The van der Waals surface area contributed by atoms with Crippen LogP contribution in [0.4, 0.5) is 5.00 Å². The lowest BCUT2D eigenvalue weighted by molar-refractivity contribution is -0.142. The highest BCUT2D eigenvalue weighted by molar-refractivity contribution is 9.11. The third-order valence-corrected chi connectivity index (χ3v) is 3.29. The van der Waals surface area contributed by atoms with Gasteiger partial charge in [0.05, 0.1) is 14.7 Å². The van der Waals surface area contributed by atoms with Gasteiger partial charge in [0.15, 0.2) is 0 Å². The molecule has 0 saturated heterocycles. The average molecular weight is 292 g/mol. The Bertz CT molecular complexity index is 377. The van der Waals surface area contributed by atoms with Gasteiger partial charge in [0.1, 0.15) is 0 Å². The average Bonchev–Trinajstić information content (AvgIpc) is 2.50. The van der Waals surface area contributed by atoms with Crippen LogP contribution in [-0.2, 0) is 9.59 Å². The molecule has 0 spiro atoms. The van der Waals surface area contributed by atoms with E-state index in [0.717, 1.165) is 3.79 Å². The van der Waals surface area contributed by atoms with Crippen LogP contribution in [0.2, 0.25) is 0 Å². The van der Waals surface area contributed by atoms with Gasteiger partial charge in [-0.2, -0.15) is 0 Å². The van der Waals surface area contributed by atoms with Crippen LogP contribution in [0.5, 0.6) is 0 Å². The number of aliphatic carboxylic acids is 1. The first-order chi connectivity index (χ1) is 6.99. The molecule has 82 valence electrons. The number of rotatable bonds is 4. The second-order valence-corrected chi connectivity index (χ2v) is 5.56. The van der Waals surface area contributed by atoms with Crippen molar-refractivity contribution in [1.29, 1.82) is 0 Å². The largest absolute Gasteiger partial charge is 0.481 e. The molecule has 1 aromatic heterocycles. The second-order valence-electron chi connectivity index (χ2n) is 3.10. The summed E-state index contributed by atoms with van der Waals surface area (Å²) in [5.74, 6) is -1.90. The van der Waals surface area contributed by atoms with Crippen molar-refractivity contribution in [2.24, 2.45) is 5.92 Å². The van der Waals surface area contributed by atoms with Crippen molar-refractivity contribution in [3.05, 3.63) is 15.9 Å². The molecule has 0 radical (unpaired) electrons. The number of anilines is 1. The number of carbonyl (C=O) groups is 2. The van der Waals surface area contributed by atoms with Gasteiger partial charge in [0, 0.05) is 6.42 Å². The highest BCUT2D eigenvalue weighted by Crippen LogP contribution is 2.26. The number of thiophene rings is 1. The SMILES string of the molecule is CC(CC(=O)Nc1ccc(Br)s1)C(=O)O. The molecule has 6 heteroatoms. The van der Waals surface area contributed by atoms with Crippen molar-refractivity contribution in [2.45, 2.75) is 13.3 Å². The first-order valence-corrected chi connectivity index (χ1v) is 5.88. The van der Waals surface area contributed by atoms with Gasteiger partial charge in [0.2, 0.25) is 5.91 Å². The molecular weight excluding hydrogens is 282 g/mol. The van der Waals surface area contributed by atoms with E-state index in [2.05, 4.69) is 21.2 Å². The monoisotopic (exact) mass is 291 g/mol. The van der Waals surface area contributed by atoms with E-state index >= 15 is 0 Å². The van der Waals surface area contributed by atoms with E-state index in [1.165, 1.54) is 18.3 Å². The van der Waals surface area contributed by atoms with Crippen LogP contribution in [0.1, 0.15) is 13.3 Å². The Morgan fingerprint density at radius 3 is 2.73 bits per heavy atom. The summed E-state index contributed by atoms with van der Waals surface area (Å²) in [5.41, 5.74) is 0. The molecule has 1 atom stereocenters. The zero-order valence-electron chi connectivity index (χ0n) is 7.99. The maximum atomic E-state index is 11.4. The van der Waals surface area contributed by atoms with Crippen molar-refractivity contribution in [3.8, 4) is 0 Å². The zero-order valence-corrected chi connectivity index (χ0v) is 10.4.